The summed E-state index contributed by atoms with van der Waals surface area (Å²) in [6.07, 6.45) is 8.49. The number of nitrogens with two attached hydrogens (primary N) is 1. The van der Waals surface area contributed by atoms with Crippen LogP contribution in [0, 0.1) is 5.92 Å². The highest BCUT2D eigenvalue weighted by Gasteiger charge is 2.33. The molecule has 4 rings (SSSR count). The van der Waals surface area contributed by atoms with Crippen LogP contribution in [-0.2, 0) is 12.7 Å². The zero-order valence-corrected chi connectivity index (χ0v) is 22.1. The number of benzene rings is 1. The summed E-state index contributed by atoms with van der Waals surface area (Å²) < 4.78 is 46.3. The van der Waals surface area contributed by atoms with E-state index in [-0.39, 0.29) is 23.0 Å². The van der Waals surface area contributed by atoms with Gasteiger partial charge in [0.05, 0.1) is 22.8 Å². The van der Waals surface area contributed by atoms with E-state index in [9.17, 15) is 18.0 Å². The molecule has 2 aromatic rings. The number of allylic oxidation sites excluding steroid dienone is 6. The van der Waals surface area contributed by atoms with E-state index in [0.29, 0.717) is 37.6 Å². The van der Waals surface area contributed by atoms with E-state index in [1.54, 1.807) is 24.3 Å². The number of alkyl halides is 3. The highest BCUT2D eigenvalue weighted by molar-refractivity contribution is 6.31. The van der Waals surface area contributed by atoms with E-state index in [0.717, 1.165) is 17.2 Å². The maximum absolute atomic E-state index is 13.5. The van der Waals surface area contributed by atoms with Crippen molar-refractivity contribution in [2.45, 2.75) is 19.1 Å². The van der Waals surface area contributed by atoms with Crippen LogP contribution in [0.3, 0.4) is 0 Å². The molecule has 1 aromatic heterocycles. The monoisotopic (exact) mass is 563 g/mol. The van der Waals surface area contributed by atoms with Crippen molar-refractivity contribution in [2.24, 2.45) is 11.7 Å². The Bertz CT molecular complexity index is 1530. The topological polar surface area (TPSA) is 68.5 Å². The van der Waals surface area contributed by atoms with Gasteiger partial charge in [0.15, 0.2) is 0 Å². The maximum atomic E-state index is 13.5. The number of hydrogen-bond acceptors (Lipinski definition) is 4. The number of pyridine rings is 1. The third-order valence-electron chi connectivity index (χ3n) is 6.20. The van der Waals surface area contributed by atoms with Crippen molar-refractivity contribution in [1.82, 2.24) is 9.88 Å². The minimum Gasteiger partial charge on any atom is -0.478 e. The maximum Gasteiger partial charge on any atom is 0.417 e. The van der Waals surface area contributed by atoms with E-state index in [4.69, 9.17) is 22.1 Å². The average molecular weight is 564 g/mol. The molecule has 0 saturated carbocycles. The van der Waals surface area contributed by atoms with Gasteiger partial charge in [0, 0.05) is 43.4 Å². The molecule has 1 unspecified atom stereocenters. The molecular formula is C31H25ClF3N3O2. The first-order valence-electron chi connectivity index (χ1n) is 12.4. The lowest BCUT2D eigenvalue weighted by Gasteiger charge is -2.29. The molecule has 0 saturated heterocycles. The number of rotatable bonds is 12. The van der Waals surface area contributed by atoms with Gasteiger partial charge in [0.1, 0.15) is 0 Å². The van der Waals surface area contributed by atoms with Crippen molar-refractivity contribution in [2.75, 3.05) is 19.7 Å². The van der Waals surface area contributed by atoms with Crippen LogP contribution in [0.15, 0.2) is 107 Å². The summed E-state index contributed by atoms with van der Waals surface area (Å²) in [5.41, 5.74) is 19.0. The molecule has 0 fully saturated rings. The van der Waals surface area contributed by atoms with Crippen molar-refractivity contribution in [3.63, 3.8) is 0 Å². The minimum atomic E-state index is -4.56. The lowest BCUT2D eigenvalue weighted by molar-refractivity contribution is -0.137. The number of carbonyl (C=O) groups is 1. The number of primary amides is 1. The van der Waals surface area contributed by atoms with Gasteiger partial charge in [0.2, 0.25) is 11.8 Å². The van der Waals surface area contributed by atoms with E-state index in [1.807, 2.05) is 24.3 Å². The third-order valence-corrected chi connectivity index (χ3v) is 6.53. The number of amides is 1. The fourth-order valence-corrected chi connectivity index (χ4v) is 4.47. The van der Waals surface area contributed by atoms with E-state index in [1.165, 1.54) is 18.3 Å². The summed E-state index contributed by atoms with van der Waals surface area (Å²) in [6, 6.07) is 7.07. The Hall–Kier alpha value is -4.24. The summed E-state index contributed by atoms with van der Waals surface area (Å²) in [4.78, 5) is 17.4. The van der Waals surface area contributed by atoms with Gasteiger partial charge in [-0.25, -0.2) is 4.98 Å². The quantitative estimate of drug-likeness (QED) is 0.241. The van der Waals surface area contributed by atoms with Gasteiger partial charge >= 0.3 is 6.18 Å². The number of halogens is 4. The summed E-state index contributed by atoms with van der Waals surface area (Å²) in [6.45, 7) is 1.56. The summed E-state index contributed by atoms with van der Waals surface area (Å²) >= 11 is 5.85. The Kier molecular flexibility index (Phi) is 9.50. The van der Waals surface area contributed by atoms with Crippen molar-refractivity contribution < 1.29 is 22.7 Å². The number of nitrogens with zero attached hydrogens (tertiary/aromatic N) is 2. The third kappa shape index (κ3) is 7.89. The minimum absolute atomic E-state index is 0.137. The summed E-state index contributed by atoms with van der Waals surface area (Å²) in [5.74, 6) is -0.378. The Morgan fingerprint density at radius 3 is 2.65 bits per heavy atom. The summed E-state index contributed by atoms with van der Waals surface area (Å²) in [7, 11) is 0. The lowest BCUT2D eigenvalue weighted by Crippen LogP contribution is -2.32. The Morgan fingerprint density at radius 1 is 1.15 bits per heavy atom. The molecule has 1 amide bonds. The second kappa shape index (κ2) is 13.2. The van der Waals surface area contributed by atoms with Crippen LogP contribution in [0.2, 0.25) is 5.02 Å². The van der Waals surface area contributed by atoms with Crippen LogP contribution in [-0.4, -0.2) is 35.5 Å². The molecule has 0 radical (unpaired) electrons. The zero-order valence-electron chi connectivity index (χ0n) is 21.3. The second-order valence-corrected chi connectivity index (χ2v) is 9.48. The predicted molar refractivity (Wildman–Crippen MR) is 147 cm³/mol. The fraction of sp³-hybridized carbons (Fsp3) is 0.226. The molecule has 0 spiro atoms. The van der Waals surface area contributed by atoms with Gasteiger partial charge in [-0.05, 0) is 66.1 Å². The van der Waals surface area contributed by atoms with E-state index >= 15 is 0 Å². The molecule has 5 nitrogen and oxygen atoms in total. The first-order valence-corrected chi connectivity index (χ1v) is 12.8. The first-order chi connectivity index (χ1) is 19.2. The van der Waals surface area contributed by atoms with Gasteiger partial charge in [0.25, 0.3) is 0 Å². The molecule has 1 heterocycles. The molecule has 204 valence electrons. The molecule has 2 aliphatic rings. The molecule has 9 heteroatoms. The molecule has 2 N–H and O–H groups in total. The Morgan fingerprint density at radius 2 is 2.00 bits per heavy atom. The zero-order chi connectivity index (χ0) is 28.5. The lowest BCUT2D eigenvalue weighted by atomic mass is 9.88. The molecule has 1 aromatic carbocycles. The van der Waals surface area contributed by atoms with Gasteiger partial charge in [-0.3, -0.25) is 9.69 Å². The molecule has 40 heavy (non-hydrogen) atoms. The normalized spacial score (nSPS) is 14.4. The SMILES string of the molecule is NC(=O)c1ccc(OCCCN(Cc2ccc(Cl)c(C(F)(F)F)c2)CC(C2=C=C=CC=C2)C2=CC=C=C=C2)nc1. The van der Waals surface area contributed by atoms with Gasteiger partial charge in [-0.15, -0.1) is 0 Å². The van der Waals surface area contributed by atoms with Gasteiger partial charge in [-0.2, -0.15) is 13.2 Å². The van der Waals surface area contributed by atoms with Crippen molar-refractivity contribution >= 4 is 17.5 Å². The van der Waals surface area contributed by atoms with Crippen molar-refractivity contribution in [3.8, 4) is 5.88 Å². The molecule has 1 atom stereocenters. The molecule has 0 aliphatic heterocycles. The van der Waals surface area contributed by atoms with Gasteiger partial charge < -0.3 is 10.5 Å². The van der Waals surface area contributed by atoms with Crippen LogP contribution >= 0.6 is 11.6 Å². The van der Waals surface area contributed by atoms with Crippen LogP contribution in [0.5, 0.6) is 5.88 Å². The molecular weight excluding hydrogens is 539 g/mol. The van der Waals surface area contributed by atoms with Crippen LogP contribution in [0.4, 0.5) is 13.2 Å². The number of carbonyl (C=O) groups excluding carboxylic acids is 1. The van der Waals surface area contributed by atoms with E-state index < -0.39 is 17.6 Å². The largest absolute Gasteiger partial charge is 0.478 e. The highest BCUT2D eigenvalue weighted by Crippen LogP contribution is 2.35. The van der Waals surface area contributed by atoms with Crippen LogP contribution in [0.1, 0.15) is 27.9 Å². The Balaban J connectivity index is 1.53. The number of hydrogen-bond donors (Lipinski definition) is 1. The van der Waals surface area contributed by atoms with Crippen LogP contribution < -0.4 is 10.5 Å². The second-order valence-electron chi connectivity index (χ2n) is 9.07. The predicted octanol–water partition coefficient (Wildman–Crippen LogP) is 6.35. The van der Waals surface area contributed by atoms with Crippen molar-refractivity contribution in [1.29, 1.82) is 0 Å². The van der Waals surface area contributed by atoms with Crippen molar-refractivity contribution in [3.05, 3.63) is 129 Å². The van der Waals surface area contributed by atoms with Gasteiger partial charge in [-0.1, -0.05) is 46.7 Å². The van der Waals surface area contributed by atoms with E-state index in [2.05, 4.69) is 32.8 Å². The number of aromatic nitrogens is 1. The average Bonchev–Trinajstić information content (AvgIpc) is 2.95. The highest BCUT2D eigenvalue weighted by atomic mass is 35.5. The standard InChI is InChI=1S/C31H25ClF3N3O2/c32-28-14-12-22(18-27(28)31(33,34)35)20-38(16-7-17-40-29-15-13-25(19-37-29)30(36)39)21-26(23-8-3-1-4-9-23)24-10-5-2-6-11-24/h1,3,5,8,10-15,18-19,26H,7,16-17,20-21H2,(H2,36,39). The Labute approximate surface area is 235 Å². The first kappa shape index (κ1) is 28.8. The smallest absolute Gasteiger partial charge is 0.417 e. The number of ether oxygens (including phenoxy) is 1. The molecule has 0 bridgehead atoms. The summed E-state index contributed by atoms with van der Waals surface area (Å²) in [5, 5.41) is -0.338. The van der Waals surface area contributed by atoms with Crippen LogP contribution in [0.25, 0.3) is 0 Å². The fourth-order valence-electron chi connectivity index (χ4n) is 4.24. The molecule has 2 aliphatic carbocycles.